The number of amides is 1. The van der Waals surface area contributed by atoms with E-state index in [0.717, 1.165) is 38.1 Å². The quantitative estimate of drug-likeness (QED) is 0.717. The van der Waals surface area contributed by atoms with E-state index in [-0.39, 0.29) is 12.5 Å². The number of ether oxygens (including phenoxy) is 1. The highest BCUT2D eigenvalue weighted by atomic mass is 35.5. The molecule has 4 rings (SSSR count). The molecule has 2 aliphatic rings. The Labute approximate surface area is 167 Å². The molecular formula is C19H21Cl2N3O3. The van der Waals surface area contributed by atoms with Crippen LogP contribution in [0.5, 0.6) is 5.75 Å². The van der Waals surface area contributed by atoms with Crippen molar-refractivity contribution in [2.75, 3.05) is 19.7 Å². The van der Waals surface area contributed by atoms with Gasteiger partial charge < -0.3 is 14.2 Å². The molecule has 1 atom stereocenters. The summed E-state index contributed by atoms with van der Waals surface area (Å²) in [6, 6.07) is 4.95. The van der Waals surface area contributed by atoms with Crippen molar-refractivity contribution in [2.45, 2.75) is 38.0 Å². The number of likely N-dealkylation sites (tertiary alicyclic amines) is 1. The normalized spacial score (nSPS) is 19.9. The molecule has 27 heavy (non-hydrogen) atoms. The molecule has 1 amide bonds. The molecule has 8 heteroatoms. The van der Waals surface area contributed by atoms with Gasteiger partial charge in [-0.15, -0.1) is 0 Å². The Morgan fingerprint density at radius 3 is 2.93 bits per heavy atom. The first-order valence-corrected chi connectivity index (χ1v) is 10.0. The van der Waals surface area contributed by atoms with Crippen molar-refractivity contribution in [3.05, 3.63) is 40.0 Å². The van der Waals surface area contributed by atoms with E-state index in [4.69, 9.17) is 32.5 Å². The highest BCUT2D eigenvalue weighted by Gasteiger charge is 2.30. The monoisotopic (exact) mass is 409 g/mol. The SMILES string of the molecule is O=C(COc1ccc(Cl)cc1Cl)N1CCC[C@@H](Cc2nc(C3CC3)no2)C1. The summed E-state index contributed by atoms with van der Waals surface area (Å²) in [4.78, 5) is 18.9. The summed E-state index contributed by atoms with van der Waals surface area (Å²) in [5.41, 5.74) is 0. The largest absolute Gasteiger partial charge is 0.482 e. The van der Waals surface area contributed by atoms with Gasteiger partial charge in [0.2, 0.25) is 5.89 Å². The number of carbonyl (C=O) groups excluding carboxylic acids is 1. The number of nitrogens with zero attached hydrogens (tertiary/aromatic N) is 3. The van der Waals surface area contributed by atoms with E-state index in [9.17, 15) is 4.79 Å². The molecular weight excluding hydrogens is 389 g/mol. The Bertz CT molecular complexity index is 822. The third-order valence-electron chi connectivity index (χ3n) is 5.01. The van der Waals surface area contributed by atoms with Crippen molar-refractivity contribution in [1.82, 2.24) is 15.0 Å². The molecule has 0 bridgehead atoms. The van der Waals surface area contributed by atoms with Crippen molar-refractivity contribution in [2.24, 2.45) is 5.92 Å². The van der Waals surface area contributed by atoms with E-state index < -0.39 is 0 Å². The predicted molar refractivity (Wildman–Crippen MR) is 101 cm³/mol. The summed E-state index contributed by atoms with van der Waals surface area (Å²) in [6.07, 6.45) is 5.04. The Morgan fingerprint density at radius 2 is 2.15 bits per heavy atom. The van der Waals surface area contributed by atoms with E-state index in [1.165, 1.54) is 0 Å². The van der Waals surface area contributed by atoms with Crippen molar-refractivity contribution in [3.63, 3.8) is 0 Å². The number of benzene rings is 1. The van der Waals surface area contributed by atoms with Crippen LogP contribution in [0.25, 0.3) is 0 Å². The zero-order valence-electron chi connectivity index (χ0n) is 14.9. The zero-order chi connectivity index (χ0) is 18.8. The summed E-state index contributed by atoms with van der Waals surface area (Å²) in [6.45, 7) is 1.38. The Hall–Kier alpha value is -1.79. The lowest BCUT2D eigenvalue weighted by Crippen LogP contribution is -2.42. The average Bonchev–Trinajstić information content (AvgIpc) is 3.41. The molecule has 144 valence electrons. The van der Waals surface area contributed by atoms with Crippen molar-refractivity contribution >= 4 is 29.1 Å². The van der Waals surface area contributed by atoms with Crippen molar-refractivity contribution in [1.29, 1.82) is 0 Å². The second kappa shape index (κ2) is 8.07. The fourth-order valence-electron chi connectivity index (χ4n) is 3.39. The highest BCUT2D eigenvalue weighted by molar-refractivity contribution is 6.35. The van der Waals surface area contributed by atoms with Gasteiger partial charge in [-0.1, -0.05) is 28.4 Å². The minimum Gasteiger partial charge on any atom is -0.482 e. The van der Waals surface area contributed by atoms with Gasteiger partial charge >= 0.3 is 0 Å². The standard InChI is InChI=1S/C19H21Cl2N3O3/c20-14-5-6-16(15(21)9-14)26-11-18(25)24-7-1-2-12(10-24)8-17-22-19(23-27-17)13-3-4-13/h5-6,9,12-13H,1-4,7-8,10-11H2/t12-/m0/s1. The molecule has 1 aliphatic carbocycles. The molecule has 6 nitrogen and oxygen atoms in total. The van der Waals surface area contributed by atoms with Gasteiger partial charge in [-0.3, -0.25) is 4.79 Å². The minimum absolute atomic E-state index is 0.0412. The van der Waals surface area contributed by atoms with Gasteiger partial charge in [-0.05, 0) is 49.8 Å². The predicted octanol–water partition coefficient (Wildman–Crippen LogP) is 4.11. The molecule has 1 saturated carbocycles. The lowest BCUT2D eigenvalue weighted by atomic mass is 9.95. The van der Waals surface area contributed by atoms with E-state index in [1.54, 1.807) is 18.2 Å². The maximum atomic E-state index is 12.5. The van der Waals surface area contributed by atoms with Crippen LogP contribution in [0.1, 0.15) is 43.3 Å². The van der Waals surface area contributed by atoms with Gasteiger partial charge in [0.15, 0.2) is 12.4 Å². The fraction of sp³-hybridized carbons (Fsp3) is 0.526. The first-order chi connectivity index (χ1) is 13.1. The third kappa shape index (κ3) is 4.74. The van der Waals surface area contributed by atoms with Crippen LogP contribution >= 0.6 is 23.2 Å². The molecule has 1 saturated heterocycles. The number of rotatable bonds is 6. The lowest BCUT2D eigenvalue weighted by molar-refractivity contribution is -0.135. The number of carbonyl (C=O) groups is 1. The van der Waals surface area contributed by atoms with Crippen LogP contribution in [-0.4, -0.2) is 40.6 Å². The minimum atomic E-state index is -0.0464. The number of piperidine rings is 1. The van der Waals surface area contributed by atoms with Crippen molar-refractivity contribution < 1.29 is 14.1 Å². The van der Waals surface area contributed by atoms with E-state index in [1.807, 2.05) is 4.90 Å². The maximum Gasteiger partial charge on any atom is 0.260 e. The summed E-state index contributed by atoms with van der Waals surface area (Å²) in [7, 11) is 0. The fourth-order valence-corrected chi connectivity index (χ4v) is 3.85. The second-order valence-corrected chi connectivity index (χ2v) is 8.08. The van der Waals surface area contributed by atoms with Crippen LogP contribution < -0.4 is 4.74 Å². The summed E-state index contributed by atoms with van der Waals surface area (Å²) >= 11 is 12.0. The van der Waals surface area contributed by atoms with E-state index in [0.29, 0.717) is 46.5 Å². The van der Waals surface area contributed by atoms with Crippen LogP contribution in [0.3, 0.4) is 0 Å². The van der Waals surface area contributed by atoms with Gasteiger partial charge in [-0.2, -0.15) is 4.98 Å². The first kappa shape index (κ1) is 18.6. The topological polar surface area (TPSA) is 68.5 Å². The summed E-state index contributed by atoms with van der Waals surface area (Å²) < 4.78 is 11.0. The molecule has 0 N–H and O–H groups in total. The van der Waals surface area contributed by atoms with Gasteiger partial charge in [0.25, 0.3) is 5.91 Å². The van der Waals surface area contributed by atoms with Crippen molar-refractivity contribution in [3.8, 4) is 5.75 Å². The smallest absolute Gasteiger partial charge is 0.260 e. The van der Waals surface area contributed by atoms with Gasteiger partial charge in [-0.25, -0.2) is 0 Å². The molecule has 1 aromatic heterocycles. The number of hydrogen-bond acceptors (Lipinski definition) is 5. The van der Waals surface area contributed by atoms with Gasteiger partial charge in [0.05, 0.1) is 5.02 Å². The lowest BCUT2D eigenvalue weighted by Gasteiger charge is -2.32. The molecule has 0 unspecified atom stereocenters. The molecule has 2 aromatic rings. The number of aromatic nitrogens is 2. The molecule has 2 fully saturated rings. The summed E-state index contributed by atoms with van der Waals surface area (Å²) in [5, 5.41) is 5.00. The van der Waals surface area contributed by atoms with E-state index in [2.05, 4.69) is 10.1 Å². The Morgan fingerprint density at radius 1 is 1.30 bits per heavy atom. The molecule has 1 aromatic carbocycles. The van der Waals surface area contributed by atoms with Crippen LogP contribution in [0.2, 0.25) is 10.0 Å². The maximum absolute atomic E-state index is 12.5. The van der Waals surface area contributed by atoms with E-state index >= 15 is 0 Å². The third-order valence-corrected chi connectivity index (χ3v) is 5.54. The Kier molecular flexibility index (Phi) is 5.55. The molecule has 1 aliphatic heterocycles. The highest BCUT2D eigenvalue weighted by Crippen LogP contribution is 2.38. The second-order valence-electron chi connectivity index (χ2n) is 7.24. The zero-order valence-corrected chi connectivity index (χ0v) is 16.4. The van der Waals surface area contributed by atoms with Gasteiger partial charge in [0.1, 0.15) is 5.75 Å². The number of halogens is 2. The first-order valence-electron chi connectivity index (χ1n) is 9.26. The average molecular weight is 410 g/mol. The van der Waals surface area contributed by atoms with Crippen LogP contribution in [0, 0.1) is 5.92 Å². The van der Waals surface area contributed by atoms with Crippen LogP contribution in [0.15, 0.2) is 22.7 Å². The molecule has 0 radical (unpaired) electrons. The summed E-state index contributed by atoms with van der Waals surface area (Å²) in [5.74, 6) is 2.75. The van der Waals surface area contributed by atoms with Gasteiger partial charge in [0, 0.05) is 30.5 Å². The molecule has 2 heterocycles. The number of hydrogen-bond donors (Lipinski definition) is 0. The Balaban J connectivity index is 1.29. The van der Waals surface area contributed by atoms with Crippen LogP contribution in [0.4, 0.5) is 0 Å². The van der Waals surface area contributed by atoms with Crippen LogP contribution in [-0.2, 0) is 11.2 Å². The molecule has 0 spiro atoms.